The van der Waals surface area contributed by atoms with E-state index in [4.69, 9.17) is 10.1 Å². The lowest BCUT2D eigenvalue weighted by Gasteiger charge is -2.31. The van der Waals surface area contributed by atoms with Crippen LogP contribution in [-0.2, 0) is 6.54 Å². The lowest BCUT2D eigenvalue weighted by molar-refractivity contribution is 0.196. The summed E-state index contributed by atoms with van der Waals surface area (Å²) in [5.41, 5.74) is 3.43. The van der Waals surface area contributed by atoms with Gasteiger partial charge in [-0.2, -0.15) is 5.10 Å². The van der Waals surface area contributed by atoms with Gasteiger partial charge >= 0.3 is 0 Å². The number of thiophene rings is 1. The summed E-state index contributed by atoms with van der Waals surface area (Å²) in [5, 5.41) is 6.92. The molecule has 5 heterocycles. The number of hydrogen-bond acceptors (Lipinski definition) is 5. The van der Waals surface area contributed by atoms with Crippen LogP contribution in [0, 0.1) is 0 Å². The molecular weight excluding hydrogens is 354 g/mol. The second kappa shape index (κ2) is 7.21. The Bertz CT molecular complexity index is 1030. The molecule has 0 N–H and O–H groups in total. The normalized spacial score (nSPS) is 18.1. The van der Waals surface area contributed by atoms with Gasteiger partial charge in [0.15, 0.2) is 11.5 Å². The Hall–Kier alpha value is -2.57. The van der Waals surface area contributed by atoms with Gasteiger partial charge in [-0.3, -0.25) is 9.88 Å². The topological polar surface area (TPSA) is 46.3 Å². The molecule has 5 nitrogen and oxygen atoms in total. The number of nitrogens with zero attached hydrogens (tertiary/aromatic N) is 5. The molecule has 1 fully saturated rings. The number of fused-ring (bicyclic) bond motifs is 1. The van der Waals surface area contributed by atoms with E-state index in [1.54, 1.807) is 11.3 Å². The first-order chi connectivity index (χ1) is 13.3. The third-order valence-electron chi connectivity index (χ3n) is 5.18. The van der Waals surface area contributed by atoms with Crippen LogP contribution in [-0.4, -0.2) is 37.6 Å². The molecule has 0 saturated carbocycles. The summed E-state index contributed by atoms with van der Waals surface area (Å²) in [7, 11) is 0. The maximum Gasteiger partial charge on any atom is 0.156 e. The molecule has 5 rings (SSSR count). The zero-order chi connectivity index (χ0) is 18.1. The average molecular weight is 376 g/mol. The molecule has 4 aromatic heterocycles. The molecule has 0 bridgehead atoms. The van der Waals surface area contributed by atoms with Crippen LogP contribution < -0.4 is 0 Å². The SMILES string of the molecule is c1csc(-c2ccc3nc([C@H]4CCCN(Cc5ccncc5)C4)nn3c2)c1. The van der Waals surface area contributed by atoms with Crippen LogP contribution in [0.5, 0.6) is 0 Å². The molecule has 1 saturated heterocycles. The van der Waals surface area contributed by atoms with Gasteiger partial charge in [-0.1, -0.05) is 6.07 Å². The lowest BCUT2D eigenvalue weighted by Crippen LogP contribution is -2.34. The fraction of sp³-hybridized carbons (Fsp3) is 0.286. The Morgan fingerprint density at radius 1 is 1.11 bits per heavy atom. The van der Waals surface area contributed by atoms with Gasteiger partial charge in [-0.25, -0.2) is 9.50 Å². The van der Waals surface area contributed by atoms with E-state index in [2.05, 4.69) is 57.9 Å². The molecule has 0 unspecified atom stereocenters. The van der Waals surface area contributed by atoms with E-state index in [0.717, 1.165) is 37.5 Å². The van der Waals surface area contributed by atoms with Crippen LogP contribution in [0.15, 0.2) is 60.4 Å². The lowest BCUT2D eigenvalue weighted by atomic mass is 9.97. The molecule has 6 heteroatoms. The van der Waals surface area contributed by atoms with Crippen molar-refractivity contribution in [3.05, 3.63) is 71.8 Å². The van der Waals surface area contributed by atoms with E-state index in [1.165, 1.54) is 22.4 Å². The summed E-state index contributed by atoms with van der Waals surface area (Å²) >= 11 is 1.75. The Morgan fingerprint density at radius 3 is 2.89 bits per heavy atom. The number of aromatic nitrogens is 4. The standard InChI is InChI=1S/C21H21N5S/c1-3-18(14-25(11-1)13-16-7-9-22-10-8-16)21-23-20-6-5-17(15-26(20)24-21)19-4-2-12-27-19/h2,4-10,12,15,18H,1,3,11,13-14H2/t18-/m0/s1. The summed E-state index contributed by atoms with van der Waals surface area (Å²) in [6.45, 7) is 3.11. The smallest absolute Gasteiger partial charge is 0.156 e. The zero-order valence-corrected chi connectivity index (χ0v) is 15.8. The van der Waals surface area contributed by atoms with Gasteiger partial charge < -0.3 is 0 Å². The molecule has 1 aliphatic heterocycles. The van der Waals surface area contributed by atoms with Gasteiger partial charge in [0.2, 0.25) is 0 Å². The highest BCUT2D eigenvalue weighted by Gasteiger charge is 2.24. The minimum Gasteiger partial charge on any atom is -0.298 e. The third-order valence-corrected chi connectivity index (χ3v) is 6.10. The number of pyridine rings is 2. The summed E-state index contributed by atoms with van der Waals surface area (Å²) < 4.78 is 1.94. The average Bonchev–Trinajstić information content (AvgIpc) is 3.38. The monoisotopic (exact) mass is 375 g/mol. The van der Waals surface area contributed by atoms with E-state index in [9.17, 15) is 0 Å². The van der Waals surface area contributed by atoms with Crippen LogP contribution in [0.25, 0.3) is 16.1 Å². The molecule has 0 radical (unpaired) electrons. The minimum atomic E-state index is 0.394. The summed E-state index contributed by atoms with van der Waals surface area (Å²) in [4.78, 5) is 12.7. The summed E-state index contributed by atoms with van der Waals surface area (Å²) in [6.07, 6.45) is 8.17. The van der Waals surface area contributed by atoms with E-state index in [0.29, 0.717) is 5.92 Å². The Labute approximate surface area is 162 Å². The van der Waals surface area contributed by atoms with Crippen molar-refractivity contribution in [3.63, 3.8) is 0 Å². The van der Waals surface area contributed by atoms with Crippen molar-refractivity contribution >= 4 is 17.0 Å². The Kier molecular flexibility index (Phi) is 4.43. The van der Waals surface area contributed by atoms with Crippen LogP contribution in [0.4, 0.5) is 0 Å². The van der Waals surface area contributed by atoms with Gasteiger partial charge in [0.05, 0.1) is 0 Å². The molecular formula is C21H21N5S. The van der Waals surface area contributed by atoms with Crippen molar-refractivity contribution in [1.29, 1.82) is 0 Å². The highest BCUT2D eigenvalue weighted by Crippen LogP contribution is 2.28. The minimum absolute atomic E-state index is 0.394. The molecule has 0 amide bonds. The van der Waals surface area contributed by atoms with Crippen molar-refractivity contribution in [3.8, 4) is 10.4 Å². The quantitative estimate of drug-likeness (QED) is 0.535. The number of likely N-dealkylation sites (tertiary alicyclic amines) is 1. The third kappa shape index (κ3) is 3.50. The highest BCUT2D eigenvalue weighted by atomic mass is 32.1. The van der Waals surface area contributed by atoms with E-state index < -0.39 is 0 Å². The second-order valence-electron chi connectivity index (χ2n) is 7.10. The fourth-order valence-corrected chi connectivity index (χ4v) is 4.54. The number of piperidine rings is 1. The van der Waals surface area contributed by atoms with Crippen molar-refractivity contribution < 1.29 is 0 Å². The van der Waals surface area contributed by atoms with Crippen LogP contribution >= 0.6 is 11.3 Å². The van der Waals surface area contributed by atoms with Crippen molar-refractivity contribution in [2.24, 2.45) is 0 Å². The first-order valence-corrected chi connectivity index (χ1v) is 10.2. The van der Waals surface area contributed by atoms with Crippen LogP contribution in [0.3, 0.4) is 0 Å². The Morgan fingerprint density at radius 2 is 2.04 bits per heavy atom. The van der Waals surface area contributed by atoms with Gasteiger partial charge in [0.25, 0.3) is 0 Å². The molecule has 0 spiro atoms. The van der Waals surface area contributed by atoms with E-state index in [-0.39, 0.29) is 0 Å². The van der Waals surface area contributed by atoms with E-state index in [1.807, 2.05) is 16.9 Å². The van der Waals surface area contributed by atoms with Crippen molar-refractivity contribution in [2.45, 2.75) is 25.3 Å². The molecule has 1 aliphatic rings. The summed E-state index contributed by atoms with van der Waals surface area (Å²) in [5.74, 6) is 1.36. The molecule has 1 atom stereocenters. The predicted octanol–water partition coefficient (Wildman–Crippen LogP) is 4.23. The van der Waals surface area contributed by atoms with Crippen LogP contribution in [0.1, 0.15) is 30.1 Å². The van der Waals surface area contributed by atoms with Gasteiger partial charge in [0.1, 0.15) is 0 Å². The van der Waals surface area contributed by atoms with Crippen molar-refractivity contribution in [1.82, 2.24) is 24.5 Å². The molecule has 4 aromatic rings. The van der Waals surface area contributed by atoms with E-state index >= 15 is 0 Å². The highest BCUT2D eigenvalue weighted by molar-refractivity contribution is 7.13. The van der Waals surface area contributed by atoms with Gasteiger partial charge in [0, 0.05) is 48.0 Å². The predicted molar refractivity (Wildman–Crippen MR) is 108 cm³/mol. The zero-order valence-electron chi connectivity index (χ0n) is 15.0. The first-order valence-electron chi connectivity index (χ1n) is 9.36. The first kappa shape index (κ1) is 16.6. The molecule has 136 valence electrons. The van der Waals surface area contributed by atoms with Crippen molar-refractivity contribution in [2.75, 3.05) is 13.1 Å². The maximum atomic E-state index is 4.82. The van der Waals surface area contributed by atoms with Gasteiger partial charge in [-0.05, 0) is 60.7 Å². The maximum absolute atomic E-state index is 4.82. The second-order valence-corrected chi connectivity index (χ2v) is 8.05. The molecule has 0 aliphatic carbocycles. The Balaban J connectivity index is 1.36. The fourth-order valence-electron chi connectivity index (χ4n) is 3.82. The molecule has 27 heavy (non-hydrogen) atoms. The molecule has 0 aromatic carbocycles. The van der Waals surface area contributed by atoms with Gasteiger partial charge in [-0.15, -0.1) is 11.3 Å². The number of hydrogen-bond donors (Lipinski definition) is 0. The largest absolute Gasteiger partial charge is 0.298 e. The van der Waals surface area contributed by atoms with Crippen LogP contribution in [0.2, 0.25) is 0 Å². The summed E-state index contributed by atoms with van der Waals surface area (Å²) in [6, 6.07) is 12.6. The number of rotatable bonds is 4.